The third-order valence-corrected chi connectivity index (χ3v) is 7.59. The zero-order valence-electron chi connectivity index (χ0n) is 22.2. The monoisotopic (exact) mass is 613 g/mol. The van der Waals surface area contributed by atoms with Gasteiger partial charge in [-0.05, 0) is 35.9 Å². The first-order valence-corrected chi connectivity index (χ1v) is 14.5. The molecule has 0 radical (unpaired) electrons. The smallest absolute Gasteiger partial charge is 0.237 e. The lowest BCUT2D eigenvalue weighted by Crippen LogP contribution is -2.44. The summed E-state index contributed by atoms with van der Waals surface area (Å²) in [5, 5.41) is 14.9. The minimum atomic E-state index is -4.38. The van der Waals surface area contributed by atoms with Crippen LogP contribution in [-0.4, -0.2) is 48.7 Å². The van der Waals surface area contributed by atoms with Crippen molar-refractivity contribution in [1.29, 1.82) is 5.26 Å². The molecule has 3 heterocycles. The maximum Gasteiger partial charge on any atom is 0.237 e. The van der Waals surface area contributed by atoms with Crippen LogP contribution in [0.5, 0.6) is 11.6 Å². The van der Waals surface area contributed by atoms with Crippen molar-refractivity contribution in [2.75, 3.05) is 23.1 Å². The molecule has 0 amide bonds. The maximum atomic E-state index is 15.1. The molecule has 5 rings (SSSR count). The molecular weight excluding hydrogens is 590 g/mol. The number of nitriles is 1. The van der Waals surface area contributed by atoms with Crippen molar-refractivity contribution in [3.05, 3.63) is 89.5 Å². The van der Waals surface area contributed by atoms with Gasteiger partial charge in [-0.2, -0.15) is 9.65 Å². The average molecular weight is 614 g/mol. The van der Waals surface area contributed by atoms with Crippen LogP contribution in [-0.2, 0) is 15.8 Å². The number of alkyl halides is 1. The van der Waals surface area contributed by atoms with Gasteiger partial charge in [0, 0.05) is 44.0 Å². The van der Waals surface area contributed by atoms with Crippen LogP contribution < -0.4 is 20.1 Å². The molecule has 15 heteroatoms. The van der Waals surface area contributed by atoms with Gasteiger partial charge in [-0.15, -0.1) is 0 Å². The first-order chi connectivity index (χ1) is 20.6. The normalized spacial score (nSPS) is 16.7. The van der Waals surface area contributed by atoms with Crippen molar-refractivity contribution in [3.8, 4) is 29.0 Å². The van der Waals surface area contributed by atoms with E-state index in [4.69, 9.17) is 10.00 Å². The predicted octanol–water partition coefficient (Wildman–Crippen LogP) is 4.67. The van der Waals surface area contributed by atoms with Crippen LogP contribution in [0.2, 0.25) is 0 Å². The van der Waals surface area contributed by atoms with E-state index in [0.717, 1.165) is 0 Å². The molecule has 1 saturated heterocycles. The van der Waals surface area contributed by atoms with Crippen molar-refractivity contribution in [3.63, 3.8) is 0 Å². The third kappa shape index (κ3) is 7.16. The number of halogens is 4. The van der Waals surface area contributed by atoms with Gasteiger partial charge >= 0.3 is 0 Å². The van der Waals surface area contributed by atoms with Gasteiger partial charge in [0.1, 0.15) is 11.9 Å². The predicted molar refractivity (Wildman–Crippen MR) is 149 cm³/mol. The maximum absolute atomic E-state index is 15.1. The van der Waals surface area contributed by atoms with Crippen molar-refractivity contribution < 1.29 is 30.7 Å². The first kappa shape index (κ1) is 29.7. The van der Waals surface area contributed by atoms with Crippen LogP contribution in [0, 0.1) is 28.8 Å². The van der Waals surface area contributed by atoms with E-state index in [2.05, 4.69) is 25.6 Å². The Morgan fingerprint density at radius 2 is 1.84 bits per heavy atom. The molecule has 1 fully saturated rings. The number of nitrogens with zero attached hydrogens (tertiary/aromatic N) is 4. The Morgan fingerprint density at radius 1 is 1.05 bits per heavy atom. The van der Waals surface area contributed by atoms with Crippen LogP contribution >= 0.6 is 0 Å². The fourth-order valence-electron chi connectivity index (χ4n) is 4.36. The van der Waals surface area contributed by atoms with Crippen LogP contribution in [0.1, 0.15) is 17.5 Å². The van der Waals surface area contributed by atoms with E-state index in [0.29, 0.717) is 18.2 Å². The largest absolute Gasteiger partial charge is 0.435 e. The van der Waals surface area contributed by atoms with Gasteiger partial charge in [-0.3, -0.25) is 4.72 Å². The number of nitrogens with one attached hydrogen (secondary N) is 3. The Labute approximate surface area is 243 Å². The van der Waals surface area contributed by atoms with Gasteiger partial charge < -0.3 is 15.4 Å². The van der Waals surface area contributed by atoms with E-state index < -0.39 is 50.8 Å². The van der Waals surface area contributed by atoms with Crippen LogP contribution in [0.4, 0.5) is 29.2 Å². The molecule has 3 N–H and O–H groups in total. The lowest BCUT2D eigenvalue weighted by molar-refractivity contribution is 0.254. The van der Waals surface area contributed by atoms with Gasteiger partial charge in [0.25, 0.3) is 0 Å². The molecule has 43 heavy (non-hydrogen) atoms. The number of anilines is 2. The summed E-state index contributed by atoms with van der Waals surface area (Å²) < 4.78 is 91.1. The number of benzene rings is 2. The molecule has 0 saturated carbocycles. The van der Waals surface area contributed by atoms with Gasteiger partial charge in [-0.1, -0.05) is 12.1 Å². The summed E-state index contributed by atoms with van der Waals surface area (Å²) in [5.74, 6) is -6.55. The summed E-state index contributed by atoms with van der Waals surface area (Å²) >= 11 is 0. The van der Waals surface area contributed by atoms with Gasteiger partial charge in [0.2, 0.25) is 27.7 Å². The Morgan fingerprint density at radius 3 is 2.58 bits per heavy atom. The molecule has 222 valence electrons. The third-order valence-electron chi connectivity index (χ3n) is 6.36. The van der Waals surface area contributed by atoms with E-state index in [1.165, 1.54) is 48.8 Å². The lowest BCUT2D eigenvalue weighted by atomic mass is 10.1. The Hall–Kier alpha value is -4.81. The summed E-state index contributed by atoms with van der Waals surface area (Å²) in [6.07, 6.45) is 1.99. The molecule has 2 atom stereocenters. The minimum absolute atomic E-state index is 0.189. The summed E-state index contributed by atoms with van der Waals surface area (Å²) in [5.41, 5.74) is -0.190. The van der Waals surface area contributed by atoms with E-state index in [9.17, 15) is 21.6 Å². The molecule has 10 nitrogen and oxygen atoms in total. The van der Waals surface area contributed by atoms with E-state index in [-0.39, 0.29) is 47.7 Å². The molecule has 2 aromatic carbocycles. The zero-order chi connectivity index (χ0) is 30.6. The second-order valence-electron chi connectivity index (χ2n) is 9.59. The van der Waals surface area contributed by atoms with Crippen LogP contribution in [0.25, 0.3) is 11.3 Å². The van der Waals surface area contributed by atoms with Crippen molar-refractivity contribution in [2.24, 2.45) is 0 Å². The number of hydrogen-bond donors (Lipinski definition) is 3. The fraction of sp³-hybridized carbons (Fsp3) is 0.214. The van der Waals surface area contributed by atoms with E-state index in [1.807, 2.05) is 6.07 Å². The number of ether oxygens (including phenoxy) is 1. The Kier molecular flexibility index (Phi) is 8.69. The molecular formula is C28H23F4N7O3S. The number of piperidine rings is 1. The highest BCUT2D eigenvalue weighted by atomic mass is 32.2. The van der Waals surface area contributed by atoms with Crippen molar-refractivity contribution >= 4 is 21.7 Å². The lowest BCUT2D eigenvalue weighted by Gasteiger charge is -2.26. The number of rotatable bonds is 9. The summed E-state index contributed by atoms with van der Waals surface area (Å²) in [6.45, 7) is 0.770. The van der Waals surface area contributed by atoms with Crippen LogP contribution in [0.15, 0.2) is 60.9 Å². The van der Waals surface area contributed by atoms with Crippen LogP contribution in [0.3, 0.4) is 0 Å². The van der Waals surface area contributed by atoms with E-state index in [1.54, 1.807) is 10.8 Å². The molecule has 0 unspecified atom stereocenters. The van der Waals surface area contributed by atoms with Gasteiger partial charge in [-0.25, -0.2) is 36.5 Å². The molecule has 1 aliphatic rings. The summed E-state index contributed by atoms with van der Waals surface area (Å²) in [4.78, 5) is 12.6. The molecule has 0 bridgehead atoms. The summed E-state index contributed by atoms with van der Waals surface area (Å²) in [6, 6.07) is 12.2. The highest BCUT2D eigenvalue weighted by Gasteiger charge is 2.26. The highest BCUT2D eigenvalue weighted by molar-refractivity contribution is 7.91. The zero-order valence-corrected chi connectivity index (χ0v) is 23.0. The SMILES string of the molecule is N#Cc1ccc(CS(=O)(=O)Nc2c(F)cc(Oc3ncccc3-c3ccnc(N[C@@H]4CNC[C@@H](F)C4)n3)c(F)c2F)cc1. The minimum Gasteiger partial charge on any atom is -0.435 e. The number of sulfonamides is 1. The highest BCUT2D eigenvalue weighted by Crippen LogP contribution is 2.36. The van der Waals surface area contributed by atoms with Gasteiger partial charge in [0.05, 0.1) is 28.6 Å². The number of hydrogen-bond acceptors (Lipinski definition) is 9. The van der Waals surface area contributed by atoms with Gasteiger partial charge in [0.15, 0.2) is 17.4 Å². The average Bonchev–Trinajstić information content (AvgIpc) is 2.99. The topological polar surface area (TPSA) is 142 Å². The second kappa shape index (κ2) is 12.6. The standard InChI is InChI=1S/C28H23F4N7O3S/c29-18-10-19(14-34-13-18)37-28-36-9-7-22(38-28)20-2-1-8-35-27(20)42-23-11-21(30)26(25(32)24(23)31)39-43(40,41)15-17-5-3-16(12-33)4-6-17/h1-9,11,18-19,34,39H,10,13-15H2,(H,36,37,38)/t18-,19-/m0/s1. The Balaban J connectivity index is 1.36. The Bertz CT molecular complexity index is 1790. The number of pyridine rings is 1. The van der Waals surface area contributed by atoms with Crippen molar-refractivity contribution in [1.82, 2.24) is 20.3 Å². The molecule has 2 aromatic heterocycles. The molecule has 0 aliphatic carbocycles. The number of aromatic nitrogens is 3. The quantitative estimate of drug-likeness (QED) is 0.181. The van der Waals surface area contributed by atoms with E-state index >= 15 is 4.39 Å². The molecule has 1 aliphatic heterocycles. The molecule has 0 spiro atoms. The second-order valence-corrected chi connectivity index (χ2v) is 11.3. The summed E-state index contributed by atoms with van der Waals surface area (Å²) in [7, 11) is -4.38. The first-order valence-electron chi connectivity index (χ1n) is 12.9. The fourth-order valence-corrected chi connectivity index (χ4v) is 5.56. The molecule has 4 aromatic rings. The van der Waals surface area contributed by atoms with Crippen molar-refractivity contribution in [2.45, 2.75) is 24.4 Å².